The molecule has 2 heterocycles. The molecule has 1 aliphatic carbocycles. The number of nitrogens with one attached hydrogen (secondary N) is 1. The van der Waals surface area contributed by atoms with Crippen LogP contribution in [-0.4, -0.2) is 33.5 Å². The Morgan fingerprint density at radius 1 is 0.878 bits per heavy atom. The summed E-state index contributed by atoms with van der Waals surface area (Å²) in [6.45, 7) is 7.96. The van der Waals surface area contributed by atoms with Crippen LogP contribution in [0.5, 0.6) is 11.8 Å². The third-order valence-electron chi connectivity index (χ3n) is 9.40. The zero-order valence-corrected chi connectivity index (χ0v) is 28.9. The van der Waals surface area contributed by atoms with Gasteiger partial charge in [0.2, 0.25) is 11.8 Å². The largest absolute Gasteiger partial charge is 0.473 e. The third kappa shape index (κ3) is 8.34. The van der Waals surface area contributed by atoms with E-state index in [0.29, 0.717) is 36.8 Å². The SMILES string of the molecule is Cn1nc(-c2ccc(OCc3ccccc3)nc2OCc2ccccc2)c2cccc(NCC3CCC(C(OC(N)=O)C(C)(C)C)CC3)c21. The van der Waals surface area contributed by atoms with Crippen molar-refractivity contribution in [2.24, 2.45) is 30.0 Å². The number of carbonyl (C=O) groups is 1. The van der Waals surface area contributed by atoms with Gasteiger partial charge in [-0.3, -0.25) is 4.68 Å². The summed E-state index contributed by atoms with van der Waals surface area (Å²) in [6, 6.07) is 30.2. The number of rotatable bonds is 12. The molecule has 49 heavy (non-hydrogen) atoms. The molecule has 2 aromatic heterocycles. The Morgan fingerprint density at radius 2 is 1.53 bits per heavy atom. The zero-order valence-electron chi connectivity index (χ0n) is 28.9. The van der Waals surface area contributed by atoms with Crippen LogP contribution in [0.1, 0.15) is 57.6 Å². The van der Waals surface area contributed by atoms with E-state index in [4.69, 9.17) is 30.0 Å². The number of amides is 1. The van der Waals surface area contributed by atoms with E-state index in [1.807, 2.05) is 84.5 Å². The van der Waals surface area contributed by atoms with Crippen molar-refractivity contribution in [3.8, 4) is 23.0 Å². The minimum Gasteiger partial charge on any atom is -0.473 e. The van der Waals surface area contributed by atoms with Gasteiger partial charge < -0.3 is 25.3 Å². The second kappa shape index (κ2) is 15.0. The average Bonchev–Trinajstić information content (AvgIpc) is 3.45. The molecule has 0 bridgehead atoms. The van der Waals surface area contributed by atoms with E-state index >= 15 is 0 Å². The molecule has 5 aromatic rings. The lowest BCUT2D eigenvalue weighted by atomic mass is 9.72. The lowest BCUT2D eigenvalue weighted by molar-refractivity contribution is -0.0187. The summed E-state index contributed by atoms with van der Waals surface area (Å²) in [6.07, 6.45) is 3.26. The number of carbonyl (C=O) groups excluding carboxylic acids is 1. The molecule has 1 saturated carbocycles. The number of ether oxygens (including phenoxy) is 3. The molecule has 1 amide bonds. The molecular formula is C40H47N5O4. The van der Waals surface area contributed by atoms with Crippen molar-refractivity contribution in [3.05, 3.63) is 102 Å². The molecular weight excluding hydrogens is 614 g/mol. The summed E-state index contributed by atoms with van der Waals surface area (Å²) in [5.74, 6) is 1.79. The molecule has 3 aromatic carbocycles. The number of pyridine rings is 1. The Morgan fingerprint density at radius 3 is 2.16 bits per heavy atom. The van der Waals surface area contributed by atoms with Crippen molar-refractivity contribution in [3.63, 3.8) is 0 Å². The van der Waals surface area contributed by atoms with Gasteiger partial charge >= 0.3 is 6.09 Å². The number of benzene rings is 3. The number of aryl methyl sites for hydroxylation is 1. The van der Waals surface area contributed by atoms with Crippen molar-refractivity contribution in [1.29, 1.82) is 0 Å². The molecule has 3 N–H and O–H groups in total. The highest BCUT2D eigenvalue weighted by Gasteiger charge is 2.37. The molecule has 9 nitrogen and oxygen atoms in total. The summed E-state index contributed by atoms with van der Waals surface area (Å²) < 4.78 is 20.0. The molecule has 0 aliphatic heterocycles. The fourth-order valence-corrected chi connectivity index (χ4v) is 6.98. The number of nitrogens with two attached hydrogens (primary N) is 1. The quantitative estimate of drug-likeness (QED) is 0.138. The van der Waals surface area contributed by atoms with Crippen LogP contribution in [0.4, 0.5) is 10.5 Å². The van der Waals surface area contributed by atoms with Gasteiger partial charge in [0.25, 0.3) is 0 Å². The minimum absolute atomic E-state index is 0.158. The standard InChI is InChI=1S/C40H47N5O4/c1-40(2,3)37(49-39(41)46)30-20-18-27(19-21-30)24-42-33-17-11-16-31-35(44-45(4)36(31)33)32-22-23-34(47-25-28-12-7-5-8-13-28)43-38(32)48-26-29-14-9-6-10-15-29/h5-17,22-23,27,30,37,42H,18-21,24-26H2,1-4H3,(H2,41,46). The van der Waals surface area contributed by atoms with E-state index in [1.165, 1.54) is 0 Å². The molecule has 0 spiro atoms. The highest BCUT2D eigenvalue weighted by atomic mass is 16.6. The van der Waals surface area contributed by atoms with Gasteiger partial charge in [-0.2, -0.15) is 10.1 Å². The minimum atomic E-state index is -0.689. The lowest BCUT2D eigenvalue weighted by Crippen LogP contribution is -2.41. The van der Waals surface area contributed by atoms with Crippen LogP contribution in [0.15, 0.2) is 91.0 Å². The maximum Gasteiger partial charge on any atom is 0.404 e. The topological polar surface area (TPSA) is 114 Å². The third-order valence-corrected chi connectivity index (χ3v) is 9.40. The molecule has 1 fully saturated rings. The number of hydrogen-bond acceptors (Lipinski definition) is 7. The number of anilines is 1. The first-order valence-electron chi connectivity index (χ1n) is 17.2. The summed E-state index contributed by atoms with van der Waals surface area (Å²) in [5, 5.41) is 9.74. The van der Waals surface area contributed by atoms with E-state index in [1.54, 1.807) is 0 Å². The zero-order chi connectivity index (χ0) is 34.4. The molecule has 1 atom stereocenters. The molecule has 256 valence electrons. The van der Waals surface area contributed by atoms with Crippen LogP contribution in [0, 0.1) is 17.3 Å². The van der Waals surface area contributed by atoms with Gasteiger partial charge in [0, 0.05) is 25.0 Å². The summed E-state index contributed by atoms with van der Waals surface area (Å²) in [5.41, 5.74) is 11.0. The predicted octanol–water partition coefficient (Wildman–Crippen LogP) is 8.52. The van der Waals surface area contributed by atoms with Gasteiger partial charge in [-0.1, -0.05) is 93.6 Å². The van der Waals surface area contributed by atoms with Crippen molar-refractivity contribution in [1.82, 2.24) is 14.8 Å². The number of para-hydroxylation sites is 1. The van der Waals surface area contributed by atoms with Crippen LogP contribution in [-0.2, 0) is 25.0 Å². The second-order valence-electron chi connectivity index (χ2n) is 14.1. The first kappa shape index (κ1) is 33.8. The summed E-state index contributed by atoms with van der Waals surface area (Å²) in [4.78, 5) is 16.4. The highest BCUT2D eigenvalue weighted by molar-refractivity contribution is 6.00. The van der Waals surface area contributed by atoms with E-state index in [-0.39, 0.29) is 11.5 Å². The summed E-state index contributed by atoms with van der Waals surface area (Å²) >= 11 is 0. The van der Waals surface area contributed by atoms with Crippen LogP contribution in [0.25, 0.3) is 22.2 Å². The Balaban J connectivity index is 1.20. The maximum atomic E-state index is 11.6. The molecule has 1 unspecified atom stereocenters. The van der Waals surface area contributed by atoms with E-state index < -0.39 is 6.09 Å². The van der Waals surface area contributed by atoms with Crippen molar-refractivity contribution < 1.29 is 19.0 Å². The molecule has 0 saturated heterocycles. The van der Waals surface area contributed by atoms with E-state index in [2.05, 4.69) is 44.3 Å². The fraction of sp³-hybridized carbons (Fsp3) is 0.375. The first-order valence-corrected chi connectivity index (χ1v) is 17.2. The highest BCUT2D eigenvalue weighted by Crippen LogP contribution is 2.40. The Bertz CT molecular complexity index is 1840. The number of hydrogen-bond donors (Lipinski definition) is 2. The van der Waals surface area contributed by atoms with Gasteiger partial charge in [0.05, 0.1) is 16.8 Å². The van der Waals surface area contributed by atoms with Gasteiger partial charge in [0.1, 0.15) is 25.0 Å². The molecule has 6 rings (SSSR count). The van der Waals surface area contributed by atoms with Crippen molar-refractivity contribution in [2.45, 2.75) is 65.8 Å². The van der Waals surface area contributed by atoms with Crippen LogP contribution in [0.2, 0.25) is 0 Å². The van der Waals surface area contributed by atoms with Crippen molar-refractivity contribution in [2.75, 3.05) is 11.9 Å². The van der Waals surface area contributed by atoms with Gasteiger partial charge in [-0.25, -0.2) is 4.79 Å². The number of fused-ring (bicyclic) bond motifs is 1. The van der Waals surface area contributed by atoms with Crippen molar-refractivity contribution >= 4 is 22.7 Å². The Labute approximate surface area is 288 Å². The molecule has 9 heteroatoms. The smallest absolute Gasteiger partial charge is 0.404 e. The Kier molecular flexibility index (Phi) is 10.4. The Hall–Kier alpha value is -5.05. The maximum absolute atomic E-state index is 11.6. The normalized spacial score (nSPS) is 17.0. The number of nitrogens with zero attached hydrogens (tertiary/aromatic N) is 3. The monoisotopic (exact) mass is 661 g/mol. The second-order valence-corrected chi connectivity index (χ2v) is 14.1. The average molecular weight is 662 g/mol. The van der Waals surface area contributed by atoms with Crippen LogP contribution in [0.3, 0.4) is 0 Å². The first-order chi connectivity index (χ1) is 23.7. The molecule has 1 aliphatic rings. The van der Waals surface area contributed by atoms with Gasteiger partial charge in [0.15, 0.2) is 0 Å². The van der Waals surface area contributed by atoms with E-state index in [9.17, 15) is 4.79 Å². The lowest BCUT2D eigenvalue weighted by Gasteiger charge is -2.39. The molecule has 0 radical (unpaired) electrons. The van der Waals surface area contributed by atoms with E-state index in [0.717, 1.165) is 71.2 Å². The van der Waals surface area contributed by atoms with Crippen LogP contribution >= 0.6 is 0 Å². The van der Waals surface area contributed by atoms with Gasteiger partial charge in [-0.05, 0) is 66.2 Å². The van der Waals surface area contributed by atoms with Gasteiger partial charge in [-0.15, -0.1) is 0 Å². The van der Waals surface area contributed by atoms with Crippen LogP contribution < -0.4 is 20.5 Å². The predicted molar refractivity (Wildman–Crippen MR) is 193 cm³/mol. The fourth-order valence-electron chi connectivity index (χ4n) is 6.98. The number of primary amides is 1. The number of aromatic nitrogens is 3. The summed E-state index contributed by atoms with van der Waals surface area (Å²) in [7, 11) is 1.98.